The van der Waals surface area contributed by atoms with Crippen LogP contribution in [-0.4, -0.2) is 5.43 Å². The molecule has 2 aliphatic rings. The maximum Gasteiger partial charge on any atom is -1.00 e. The number of hydrogen-bond acceptors (Lipinski definition) is 0. The van der Waals surface area contributed by atoms with Crippen LogP contribution in [0.2, 0.25) is 13.1 Å². The van der Waals surface area contributed by atoms with E-state index < -0.39 is 0 Å². The van der Waals surface area contributed by atoms with E-state index in [9.17, 15) is 0 Å². The molecule has 356 valence electrons. The molecule has 0 bridgehead atoms. The molecule has 2 aliphatic carbocycles. The standard InChI is InChI=1S/2C30H39.C2H6Si.2ClH.Zr/c2*1-29(2,3)28-17-10-9-15-26(28)25-16-13-14-24-20-23(21-27(24)25)22-30(4)18-11-7-5-6-8-12-19-30;1-3-2;;;/h2*9-10,13-17,20-21H,5-8,11-12,18-19,22H2,1-4H3;1-2H3;2*1H;/q2*-1;;;;+2/p-2. The van der Waals surface area contributed by atoms with Crippen LogP contribution in [0.1, 0.15) is 180 Å². The molecule has 0 N–H and O–H groups in total. The van der Waals surface area contributed by atoms with Crippen molar-refractivity contribution in [2.75, 3.05) is 0 Å². The van der Waals surface area contributed by atoms with Gasteiger partial charge in [-0.05, 0) is 82.4 Å². The van der Waals surface area contributed by atoms with Crippen LogP contribution in [-0.2, 0) is 47.0 Å². The van der Waals surface area contributed by atoms with Gasteiger partial charge >= 0.3 is 41.9 Å². The number of fused-ring (bicyclic) bond motifs is 2. The van der Waals surface area contributed by atoms with Gasteiger partial charge in [0.1, 0.15) is 0 Å². The van der Waals surface area contributed by atoms with E-state index in [1.807, 2.05) is 0 Å². The van der Waals surface area contributed by atoms with Gasteiger partial charge < -0.3 is 24.8 Å². The third kappa shape index (κ3) is 15.9. The summed E-state index contributed by atoms with van der Waals surface area (Å²) in [5.41, 5.74) is 12.9. The average Bonchev–Trinajstić information content (AvgIpc) is 3.89. The molecule has 8 rings (SSSR count). The van der Waals surface area contributed by atoms with Crippen LogP contribution in [0.3, 0.4) is 0 Å². The van der Waals surface area contributed by atoms with Crippen molar-refractivity contribution in [2.24, 2.45) is 10.8 Å². The van der Waals surface area contributed by atoms with E-state index >= 15 is 0 Å². The average molecular weight is 1020 g/mol. The number of benzene rings is 4. The second kappa shape index (κ2) is 25.6. The number of hydrogen-bond donors (Lipinski definition) is 0. The third-order valence-electron chi connectivity index (χ3n) is 14.6. The van der Waals surface area contributed by atoms with Gasteiger partial charge in [-0.25, -0.2) is 0 Å². The molecular formula is C62H84Cl2SiZr-2. The quantitative estimate of drug-likeness (QED) is 0.115. The maximum absolute atomic E-state index is 2.55. The minimum absolute atomic E-state index is 0. The molecule has 0 atom stereocenters. The first-order chi connectivity index (χ1) is 30.4. The number of halogens is 2. The Hall–Kier alpha value is -2.22. The molecule has 0 spiro atoms. The summed E-state index contributed by atoms with van der Waals surface area (Å²) in [5, 5.41) is 5.66. The summed E-state index contributed by atoms with van der Waals surface area (Å²) in [4.78, 5) is 0. The Morgan fingerprint density at radius 2 is 0.742 bits per heavy atom. The molecule has 0 unspecified atom stereocenters. The van der Waals surface area contributed by atoms with Gasteiger partial charge in [0, 0.05) is 0 Å². The SMILES string of the molecule is CC1(Cc2cc3c(-c4ccccc4C(C)(C)C)cccc3[cH-]2)CCCCCCCC1.CC1(Cc2cc3c(-c4ccccc4C(C)(C)C)cccc3[cH-]2)CCCCCCCC1.C[Si](C)=[Zr+2].[Cl-].[Cl-]. The molecule has 0 aliphatic heterocycles. The fraction of sp³-hybridized carbons (Fsp3) is 0.516. The maximum atomic E-state index is 2.55. The van der Waals surface area contributed by atoms with Crippen LogP contribution in [0.15, 0.2) is 109 Å². The Balaban J connectivity index is 0.000000260. The third-order valence-corrected chi connectivity index (χ3v) is 14.6. The monoisotopic (exact) mass is 1020 g/mol. The van der Waals surface area contributed by atoms with Crippen molar-refractivity contribution in [1.29, 1.82) is 0 Å². The van der Waals surface area contributed by atoms with E-state index in [0.29, 0.717) is 10.8 Å². The fourth-order valence-corrected chi connectivity index (χ4v) is 11.2. The molecule has 0 radical (unpaired) electrons. The Bertz CT molecular complexity index is 2230. The molecule has 0 heterocycles. The van der Waals surface area contributed by atoms with Gasteiger partial charge in [0.2, 0.25) is 0 Å². The van der Waals surface area contributed by atoms with Crippen molar-refractivity contribution < 1.29 is 48.1 Å². The number of rotatable bonds is 6. The molecule has 0 saturated heterocycles. The first-order valence-corrected chi connectivity index (χ1v) is 31.7. The predicted molar refractivity (Wildman–Crippen MR) is 282 cm³/mol. The van der Waals surface area contributed by atoms with Crippen molar-refractivity contribution >= 4 is 27.0 Å². The zero-order valence-electron chi connectivity index (χ0n) is 42.9. The van der Waals surface area contributed by atoms with Crippen LogP contribution in [0.4, 0.5) is 0 Å². The zero-order valence-corrected chi connectivity index (χ0v) is 47.8. The molecule has 6 aromatic rings. The van der Waals surface area contributed by atoms with Crippen molar-refractivity contribution in [3.8, 4) is 22.3 Å². The summed E-state index contributed by atoms with van der Waals surface area (Å²) in [6, 6.07) is 41.6. The van der Waals surface area contributed by atoms with Crippen molar-refractivity contribution in [1.82, 2.24) is 0 Å². The van der Waals surface area contributed by atoms with Crippen molar-refractivity contribution in [2.45, 2.75) is 195 Å². The second-order valence-corrected chi connectivity index (χ2v) is 32.5. The minimum Gasteiger partial charge on any atom is -1.00 e. The fourth-order valence-electron chi connectivity index (χ4n) is 11.2. The van der Waals surface area contributed by atoms with Crippen LogP contribution < -0.4 is 24.8 Å². The summed E-state index contributed by atoms with van der Waals surface area (Å²) >= 11 is 1.74. The summed E-state index contributed by atoms with van der Waals surface area (Å²) < 4.78 is 0. The van der Waals surface area contributed by atoms with Crippen LogP contribution >= 0.6 is 0 Å². The Morgan fingerprint density at radius 1 is 0.455 bits per heavy atom. The normalized spacial score (nSPS) is 16.8. The van der Waals surface area contributed by atoms with E-state index in [1.165, 1.54) is 182 Å². The van der Waals surface area contributed by atoms with Crippen molar-refractivity contribution in [3.63, 3.8) is 0 Å². The van der Waals surface area contributed by atoms with Gasteiger partial charge in [0.15, 0.2) is 0 Å². The van der Waals surface area contributed by atoms with E-state index in [-0.39, 0.29) is 41.1 Å². The van der Waals surface area contributed by atoms with Gasteiger partial charge in [-0.2, -0.15) is 12.1 Å². The molecule has 2 fully saturated rings. The largest absolute Gasteiger partial charge is 1.00 e. The van der Waals surface area contributed by atoms with Gasteiger partial charge in [0.25, 0.3) is 0 Å². The summed E-state index contributed by atoms with van der Waals surface area (Å²) in [6.45, 7) is 23.6. The molecule has 0 aromatic heterocycles. The molecule has 6 aromatic carbocycles. The van der Waals surface area contributed by atoms with Crippen LogP contribution in [0.25, 0.3) is 43.8 Å². The molecule has 0 nitrogen and oxygen atoms in total. The van der Waals surface area contributed by atoms with Gasteiger partial charge in [0.05, 0.1) is 0 Å². The second-order valence-electron chi connectivity index (χ2n) is 23.2. The molecule has 2 saturated carbocycles. The first-order valence-electron chi connectivity index (χ1n) is 25.5. The van der Waals surface area contributed by atoms with E-state index in [0.717, 1.165) is 0 Å². The van der Waals surface area contributed by atoms with E-state index in [2.05, 4.69) is 178 Å². The zero-order chi connectivity index (χ0) is 46.0. The Labute approximate surface area is 431 Å². The van der Waals surface area contributed by atoms with Crippen molar-refractivity contribution in [3.05, 3.63) is 131 Å². The topological polar surface area (TPSA) is 0 Å². The molecule has 4 heteroatoms. The minimum atomic E-state index is 0. The van der Waals surface area contributed by atoms with Crippen LogP contribution in [0, 0.1) is 10.8 Å². The summed E-state index contributed by atoms with van der Waals surface area (Å²) in [5.74, 6) is 0. The van der Waals surface area contributed by atoms with Gasteiger partial charge in [-0.1, -0.05) is 204 Å². The van der Waals surface area contributed by atoms with Crippen LogP contribution in [0.5, 0.6) is 0 Å². The Kier molecular flexibility index (Phi) is 21.8. The first kappa shape index (κ1) is 56.4. The smallest absolute Gasteiger partial charge is 1.00 e. The molecule has 0 amide bonds. The van der Waals surface area contributed by atoms with Gasteiger partial charge in [-0.3, -0.25) is 0 Å². The molecule has 66 heavy (non-hydrogen) atoms. The summed E-state index contributed by atoms with van der Waals surface area (Å²) in [7, 11) is 0. The Morgan fingerprint density at radius 3 is 1.06 bits per heavy atom. The summed E-state index contributed by atoms with van der Waals surface area (Å²) in [6.07, 6.45) is 25.0. The van der Waals surface area contributed by atoms with Gasteiger partial charge in [-0.15, -0.1) is 69.1 Å². The molecular weight excluding hydrogens is 935 g/mol. The van der Waals surface area contributed by atoms with E-state index in [4.69, 9.17) is 0 Å². The predicted octanol–water partition coefficient (Wildman–Crippen LogP) is 13.2. The van der Waals surface area contributed by atoms with E-state index in [1.54, 1.807) is 23.3 Å².